The Balaban J connectivity index is 1.24. The first kappa shape index (κ1) is 23.7. The third-order valence-electron chi connectivity index (χ3n) is 6.59. The van der Waals surface area contributed by atoms with E-state index in [4.69, 9.17) is 4.74 Å². The van der Waals surface area contributed by atoms with E-state index in [1.165, 1.54) is 25.0 Å². The van der Waals surface area contributed by atoms with Gasteiger partial charge in [0.2, 0.25) is 5.95 Å². The van der Waals surface area contributed by atoms with Crippen molar-refractivity contribution >= 4 is 28.6 Å². The van der Waals surface area contributed by atoms with E-state index in [1.54, 1.807) is 30.5 Å². The van der Waals surface area contributed by atoms with Gasteiger partial charge in [-0.1, -0.05) is 0 Å². The number of fused-ring (bicyclic) bond motifs is 1. The van der Waals surface area contributed by atoms with Crippen LogP contribution in [-0.2, 0) is 7.05 Å². The number of carbonyl (C=O) groups excluding carboxylic acids is 1. The summed E-state index contributed by atoms with van der Waals surface area (Å²) in [6, 6.07) is 15.6. The predicted molar refractivity (Wildman–Crippen MR) is 137 cm³/mol. The average molecular weight is 489 g/mol. The van der Waals surface area contributed by atoms with Gasteiger partial charge in [-0.15, -0.1) is 0 Å². The van der Waals surface area contributed by atoms with Gasteiger partial charge in [0.25, 0.3) is 5.91 Å². The highest BCUT2D eigenvalue weighted by molar-refractivity contribution is 5.92. The number of ether oxygens (including phenoxy) is 1. The third-order valence-corrected chi connectivity index (χ3v) is 6.59. The maximum Gasteiger partial charge on any atom is 0.270 e. The summed E-state index contributed by atoms with van der Waals surface area (Å²) in [6.45, 7) is 1.74. The Morgan fingerprint density at radius 2 is 1.92 bits per heavy atom. The Morgan fingerprint density at radius 3 is 2.69 bits per heavy atom. The van der Waals surface area contributed by atoms with Gasteiger partial charge >= 0.3 is 0 Å². The van der Waals surface area contributed by atoms with Crippen LogP contribution in [0.15, 0.2) is 60.8 Å². The van der Waals surface area contributed by atoms with Crippen LogP contribution < -0.4 is 15.4 Å². The summed E-state index contributed by atoms with van der Waals surface area (Å²) < 4.78 is 21.1. The van der Waals surface area contributed by atoms with Crippen LogP contribution in [0, 0.1) is 5.82 Å². The number of amides is 1. The van der Waals surface area contributed by atoms with Crippen LogP contribution in [0.1, 0.15) is 29.8 Å². The Bertz CT molecular complexity index is 1370. The summed E-state index contributed by atoms with van der Waals surface area (Å²) in [5, 5.41) is 6.17. The molecule has 1 saturated heterocycles. The molecular formula is C27H29FN6O2. The van der Waals surface area contributed by atoms with Crippen LogP contribution in [0.2, 0.25) is 0 Å². The number of hydrogen-bond donors (Lipinski definition) is 2. The van der Waals surface area contributed by atoms with Crippen molar-refractivity contribution in [2.75, 3.05) is 25.5 Å². The van der Waals surface area contributed by atoms with E-state index in [1.807, 2.05) is 29.8 Å². The standard InChI is InChI=1S/C27H29FN6O2/c1-33-15-3-4-20(33)11-13-30-26(35)24-17-22(12-14-29-24)36-21-9-10-25-23(16-21)32-27(34(25)2)31-19-7-5-18(28)6-8-19/h5-10,12,14,16-17,20H,3-4,11,13,15H2,1-2H3,(H,30,35)(H,31,32). The second kappa shape index (κ2) is 10.3. The summed E-state index contributed by atoms with van der Waals surface area (Å²) in [5.41, 5.74) is 2.71. The highest BCUT2D eigenvalue weighted by Crippen LogP contribution is 2.28. The monoisotopic (exact) mass is 488 g/mol. The predicted octanol–water partition coefficient (Wildman–Crippen LogP) is 4.86. The topological polar surface area (TPSA) is 84.3 Å². The molecule has 4 aromatic rings. The molecule has 1 amide bonds. The van der Waals surface area contributed by atoms with Crippen molar-refractivity contribution in [1.29, 1.82) is 0 Å². The van der Waals surface area contributed by atoms with Gasteiger partial charge in [0.05, 0.1) is 11.0 Å². The van der Waals surface area contributed by atoms with Crippen LogP contribution in [-0.4, -0.2) is 51.5 Å². The summed E-state index contributed by atoms with van der Waals surface area (Å²) in [6.07, 6.45) is 4.89. The fourth-order valence-electron chi connectivity index (χ4n) is 4.54. The fourth-order valence-corrected chi connectivity index (χ4v) is 4.54. The van der Waals surface area contributed by atoms with Crippen LogP contribution in [0.5, 0.6) is 11.5 Å². The lowest BCUT2D eigenvalue weighted by Gasteiger charge is -2.19. The van der Waals surface area contributed by atoms with Gasteiger partial charge in [0.1, 0.15) is 23.0 Å². The molecule has 3 heterocycles. The molecule has 0 bridgehead atoms. The molecule has 1 aliphatic rings. The largest absolute Gasteiger partial charge is 0.457 e. The average Bonchev–Trinajstić information content (AvgIpc) is 3.42. The summed E-state index contributed by atoms with van der Waals surface area (Å²) >= 11 is 0. The van der Waals surface area contributed by atoms with Crippen LogP contribution in [0.3, 0.4) is 0 Å². The van der Waals surface area contributed by atoms with Crippen molar-refractivity contribution in [1.82, 2.24) is 24.8 Å². The number of likely N-dealkylation sites (tertiary alicyclic amines) is 1. The van der Waals surface area contributed by atoms with E-state index in [2.05, 4.69) is 32.5 Å². The normalized spacial score (nSPS) is 15.8. The molecule has 2 aromatic heterocycles. The molecule has 0 radical (unpaired) electrons. The van der Waals surface area contributed by atoms with Gasteiger partial charge in [0, 0.05) is 43.7 Å². The number of aromatic nitrogens is 3. The maximum absolute atomic E-state index is 13.2. The van der Waals surface area contributed by atoms with Crippen LogP contribution >= 0.6 is 0 Å². The molecule has 1 aliphatic heterocycles. The zero-order chi connectivity index (χ0) is 25.1. The Morgan fingerprint density at radius 1 is 1.11 bits per heavy atom. The molecule has 1 atom stereocenters. The molecule has 2 N–H and O–H groups in total. The zero-order valence-corrected chi connectivity index (χ0v) is 20.4. The number of imidazole rings is 1. The van der Waals surface area contributed by atoms with Gasteiger partial charge in [-0.25, -0.2) is 9.37 Å². The summed E-state index contributed by atoms with van der Waals surface area (Å²) in [7, 11) is 4.03. The van der Waals surface area contributed by atoms with Gasteiger partial charge in [-0.2, -0.15) is 0 Å². The molecule has 9 heteroatoms. The number of nitrogens with zero attached hydrogens (tertiary/aromatic N) is 4. The minimum atomic E-state index is -0.291. The van der Waals surface area contributed by atoms with E-state index in [-0.39, 0.29) is 11.7 Å². The number of pyridine rings is 1. The molecule has 36 heavy (non-hydrogen) atoms. The smallest absolute Gasteiger partial charge is 0.270 e. The Kier molecular flexibility index (Phi) is 6.81. The van der Waals surface area contributed by atoms with E-state index in [0.29, 0.717) is 35.7 Å². The number of halogens is 1. The van der Waals surface area contributed by atoms with Crippen molar-refractivity contribution in [3.63, 3.8) is 0 Å². The van der Waals surface area contributed by atoms with E-state index >= 15 is 0 Å². The SMILES string of the molecule is CN1CCCC1CCNC(=O)c1cc(Oc2ccc3c(c2)nc(Nc2ccc(F)cc2)n3C)ccn1. The van der Waals surface area contributed by atoms with Gasteiger partial charge in [-0.05, 0) is 75.3 Å². The lowest BCUT2D eigenvalue weighted by Crippen LogP contribution is -2.32. The van der Waals surface area contributed by atoms with Crippen molar-refractivity contribution in [2.45, 2.75) is 25.3 Å². The lowest BCUT2D eigenvalue weighted by atomic mass is 10.1. The first-order valence-electron chi connectivity index (χ1n) is 12.1. The van der Waals surface area contributed by atoms with Crippen LogP contribution in [0.25, 0.3) is 11.0 Å². The van der Waals surface area contributed by atoms with E-state index < -0.39 is 0 Å². The van der Waals surface area contributed by atoms with E-state index in [0.717, 1.165) is 29.7 Å². The van der Waals surface area contributed by atoms with Crippen molar-refractivity contribution in [3.8, 4) is 11.5 Å². The Hall–Kier alpha value is -3.98. The summed E-state index contributed by atoms with van der Waals surface area (Å²) in [4.78, 5) is 23.8. The number of rotatable bonds is 8. The molecule has 8 nitrogen and oxygen atoms in total. The number of nitrogens with one attached hydrogen (secondary N) is 2. The summed E-state index contributed by atoms with van der Waals surface area (Å²) in [5.74, 6) is 1.24. The van der Waals surface area contributed by atoms with Gasteiger partial charge < -0.3 is 24.8 Å². The quantitative estimate of drug-likeness (QED) is 0.369. The molecule has 0 spiro atoms. The van der Waals surface area contributed by atoms with Gasteiger partial charge in [-0.3, -0.25) is 9.78 Å². The molecule has 1 unspecified atom stereocenters. The zero-order valence-electron chi connectivity index (χ0n) is 20.4. The van der Waals surface area contributed by atoms with Crippen molar-refractivity contribution in [3.05, 3.63) is 72.3 Å². The first-order valence-corrected chi connectivity index (χ1v) is 12.1. The minimum Gasteiger partial charge on any atom is -0.457 e. The highest BCUT2D eigenvalue weighted by atomic mass is 19.1. The molecular weight excluding hydrogens is 459 g/mol. The number of carbonyl (C=O) groups is 1. The molecule has 2 aromatic carbocycles. The maximum atomic E-state index is 13.2. The molecule has 186 valence electrons. The molecule has 0 saturated carbocycles. The van der Waals surface area contributed by atoms with Crippen molar-refractivity contribution in [2.24, 2.45) is 7.05 Å². The molecule has 5 rings (SSSR count). The third kappa shape index (κ3) is 5.31. The molecule has 0 aliphatic carbocycles. The van der Waals surface area contributed by atoms with Crippen molar-refractivity contribution < 1.29 is 13.9 Å². The van der Waals surface area contributed by atoms with E-state index in [9.17, 15) is 9.18 Å². The second-order valence-corrected chi connectivity index (χ2v) is 9.08. The number of benzene rings is 2. The second-order valence-electron chi connectivity index (χ2n) is 9.08. The first-order chi connectivity index (χ1) is 17.5. The molecule has 1 fully saturated rings. The number of hydrogen-bond acceptors (Lipinski definition) is 6. The highest BCUT2D eigenvalue weighted by Gasteiger charge is 2.20. The van der Waals surface area contributed by atoms with Gasteiger partial charge in [0.15, 0.2) is 0 Å². The number of aryl methyl sites for hydroxylation is 1. The Labute approximate surface area is 209 Å². The lowest BCUT2D eigenvalue weighted by molar-refractivity contribution is 0.0945. The fraction of sp³-hybridized carbons (Fsp3) is 0.296. The van der Waals surface area contributed by atoms with Crippen LogP contribution in [0.4, 0.5) is 16.0 Å². The number of anilines is 2. The minimum absolute atomic E-state index is 0.210.